The molecule has 2 aromatic heterocycles. The Hall–Kier alpha value is -2.08. The number of imidazole rings is 1. The molecule has 1 N–H and O–H groups in total. The van der Waals surface area contributed by atoms with Crippen LogP contribution in [0.1, 0.15) is 41.0 Å². The third-order valence-corrected chi connectivity index (χ3v) is 4.60. The van der Waals surface area contributed by atoms with Gasteiger partial charge in [0.15, 0.2) is 17.2 Å². The number of fused-ring (bicyclic) bond motifs is 1. The van der Waals surface area contributed by atoms with Gasteiger partial charge in [-0.15, -0.1) is 12.4 Å². The summed E-state index contributed by atoms with van der Waals surface area (Å²) in [5.74, 6) is 0.283. The fraction of sp³-hybridized carbons (Fsp3) is 0.300. The first kappa shape index (κ1) is 21.2. The number of aliphatic hydroxyl groups is 1. The summed E-state index contributed by atoms with van der Waals surface area (Å²) in [5, 5.41) is 10.4. The molecule has 0 bridgehead atoms. The topological polar surface area (TPSA) is 63.8 Å². The summed E-state index contributed by atoms with van der Waals surface area (Å²) in [7, 11) is 0. The van der Waals surface area contributed by atoms with E-state index < -0.39 is 0 Å². The first-order chi connectivity index (χ1) is 12.5. The molecule has 0 aliphatic rings. The normalized spacial score (nSPS) is 11.9. The zero-order valence-electron chi connectivity index (χ0n) is 15.2. The van der Waals surface area contributed by atoms with Crippen LogP contribution < -0.4 is 4.74 Å². The minimum atomic E-state index is -0.292. The number of nitrogens with zero attached hydrogens (tertiary/aromatic N) is 2. The minimum absolute atomic E-state index is 0. The SMILES string of the molecule is CCOc1cccn2c(C(=O)C[C@@H](CO)c3ccc(Cl)cc3)c(C)nc12.Cl. The van der Waals surface area contributed by atoms with Gasteiger partial charge in [0.25, 0.3) is 0 Å². The second kappa shape index (κ2) is 9.22. The van der Waals surface area contributed by atoms with Gasteiger partial charge < -0.3 is 9.84 Å². The molecule has 2 heterocycles. The van der Waals surface area contributed by atoms with Crippen LogP contribution in [0, 0.1) is 6.92 Å². The lowest BCUT2D eigenvalue weighted by atomic mass is 9.93. The molecule has 0 aliphatic heterocycles. The van der Waals surface area contributed by atoms with E-state index in [-0.39, 0.29) is 37.1 Å². The standard InChI is InChI=1S/C20H21ClN2O3.ClH/c1-3-26-18-5-4-10-23-19(13(2)22-20(18)23)17(25)11-15(12-24)14-6-8-16(21)9-7-14;/h4-10,15,24H,3,11-12H2,1-2H3;1H/t15-;/m0./s1. The number of halogens is 2. The molecule has 5 nitrogen and oxygen atoms in total. The molecule has 0 fully saturated rings. The highest BCUT2D eigenvalue weighted by Crippen LogP contribution is 2.27. The summed E-state index contributed by atoms with van der Waals surface area (Å²) >= 11 is 5.92. The fourth-order valence-electron chi connectivity index (χ4n) is 3.10. The van der Waals surface area contributed by atoms with E-state index in [4.69, 9.17) is 16.3 Å². The molecule has 0 saturated carbocycles. The van der Waals surface area contributed by atoms with Crippen molar-refractivity contribution >= 4 is 35.4 Å². The van der Waals surface area contributed by atoms with Crippen LogP contribution in [0.4, 0.5) is 0 Å². The smallest absolute Gasteiger partial charge is 0.182 e. The number of ether oxygens (including phenoxy) is 1. The Balaban J connectivity index is 0.00000261. The maximum absolute atomic E-state index is 13.0. The van der Waals surface area contributed by atoms with Gasteiger partial charge in [-0.25, -0.2) is 4.98 Å². The maximum Gasteiger partial charge on any atom is 0.182 e. The molecule has 7 heteroatoms. The maximum atomic E-state index is 13.0. The number of Topliss-reactive ketones (excluding diaryl/α,β-unsaturated/α-hetero) is 1. The Morgan fingerprint density at radius 3 is 2.63 bits per heavy atom. The molecule has 144 valence electrons. The molecule has 0 aliphatic carbocycles. The van der Waals surface area contributed by atoms with E-state index in [2.05, 4.69) is 4.98 Å². The van der Waals surface area contributed by atoms with Crippen molar-refractivity contribution in [2.45, 2.75) is 26.2 Å². The quantitative estimate of drug-likeness (QED) is 0.585. The van der Waals surface area contributed by atoms with Crippen LogP contribution in [0.15, 0.2) is 42.6 Å². The first-order valence-electron chi connectivity index (χ1n) is 8.55. The third-order valence-electron chi connectivity index (χ3n) is 4.35. The second-order valence-electron chi connectivity index (χ2n) is 6.10. The molecule has 3 rings (SSSR count). The summed E-state index contributed by atoms with van der Waals surface area (Å²) in [6.07, 6.45) is 1.99. The molecule has 1 aromatic carbocycles. The summed E-state index contributed by atoms with van der Waals surface area (Å²) in [5.41, 5.74) is 2.68. The van der Waals surface area contributed by atoms with Crippen LogP contribution in [0.25, 0.3) is 5.65 Å². The molecule has 3 aromatic rings. The van der Waals surface area contributed by atoms with Crippen molar-refractivity contribution in [2.75, 3.05) is 13.2 Å². The van der Waals surface area contributed by atoms with Crippen molar-refractivity contribution < 1.29 is 14.6 Å². The number of carbonyl (C=O) groups excluding carboxylic acids is 1. The van der Waals surface area contributed by atoms with Gasteiger partial charge in [0.1, 0.15) is 5.69 Å². The number of aliphatic hydroxyl groups excluding tert-OH is 1. The number of pyridine rings is 1. The molecule has 0 radical (unpaired) electrons. The average molecular weight is 409 g/mol. The number of ketones is 1. The van der Waals surface area contributed by atoms with Crippen molar-refractivity contribution in [2.24, 2.45) is 0 Å². The number of carbonyl (C=O) groups is 1. The molecule has 0 unspecified atom stereocenters. The minimum Gasteiger partial charge on any atom is -0.490 e. The Morgan fingerprint density at radius 2 is 2.00 bits per heavy atom. The van der Waals surface area contributed by atoms with Crippen molar-refractivity contribution in [1.29, 1.82) is 0 Å². The van der Waals surface area contributed by atoms with Crippen LogP contribution in [0.3, 0.4) is 0 Å². The summed E-state index contributed by atoms with van der Waals surface area (Å²) < 4.78 is 7.37. The number of rotatable bonds is 7. The van der Waals surface area contributed by atoms with Crippen molar-refractivity contribution in [3.8, 4) is 5.75 Å². The molecule has 0 saturated heterocycles. The molecule has 1 atom stereocenters. The van der Waals surface area contributed by atoms with Crippen LogP contribution in [-0.4, -0.2) is 33.5 Å². The Labute approximate surface area is 169 Å². The number of aryl methyl sites for hydroxylation is 1. The lowest BCUT2D eigenvalue weighted by Gasteiger charge is -2.14. The van der Waals surface area contributed by atoms with Gasteiger partial charge in [0, 0.05) is 23.6 Å². The van der Waals surface area contributed by atoms with E-state index in [0.29, 0.717) is 34.4 Å². The van der Waals surface area contributed by atoms with E-state index in [1.54, 1.807) is 22.7 Å². The monoisotopic (exact) mass is 408 g/mol. The van der Waals surface area contributed by atoms with Gasteiger partial charge in [-0.05, 0) is 43.7 Å². The summed E-state index contributed by atoms with van der Waals surface area (Å²) in [4.78, 5) is 17.5. The number of benzene rings is 1. The van der Waals surface area contributed by atoms with Gasteiger partial charge in [0.05, 0.1) is 18.9 Å². The third kappa shape index (κ3) is 4.43. The van der Waals surface area contributed by atoms with E-state index in [0.717, 1.165) is 5.56 Å². The van der Waals surface area contributed by atoms with Crippen LogP contribution in [-0.2, 0) is 0 Å². The highest BCUT2D eigenvalue weighted by atomic mass is 35.5. The Kier molecular flexibility index (Phi) is 7.25. The number of hydrogen-bond donors (Lipinski definition) is 1. The van der Waals surface area contributed by atoms with E-state index in [1.807, 2.05) is 38.1 Å². The Bertz CT molecular complexity index is 923. The van der Waals surface area contributed by atoms with Crippen molar-refractivity contribution in [1.82, 2.24) is 9.38 Å². The van der Waals surface area contributed by atoms with Crippen molar-refractivity contribution in [3.63, 3.8) is 0 Å². The highest BCUT2D eigenvalue weighted by Gasteiger charge is 2.22. The average Bonchev–Trinajstić information content (AvgIpc) is 2.97. The van der Waals surface area contributed by atoms with Crippen molar-refractivity contribution in [3.05, 3.63) is 64.6 Å². The predicted octanol–water partition coefficient (Wildman–Crippen LogP) is 4.47. The number of aromatic nitrogens is 2. The molecular formula is C20H22Cl2N2O3. The largest absolute Gasteiger partial charge is 0.490 e. The number of hydrogen-bond acceptors (Lipinski definition) is 4. The van der Waals surface area contributed by atoms with E-state index >= 15 is 0 Å². The molecule has 27 heavy (non-hydrogen) atoms. The van der Waals surface area contributed by atoms with E-state index in [9.17, 15) is 9.90 Å². The summed E-state index contributed by atoms with van der Waals surface area (Å²) in [6.45, 7) is 4.13. The molecule has 0 amide bonds. The zero-order valence-corrected chi connectivity index (χ0v) is 16.8. The van der Waals surface area contributed by atoms with E-state index in [1.165, 1.54) is 0 Å². The van der Waals surface area contributed by atoms with Gasteiger partial charge in [0.2, 0.25) is 0 Å². The van der Waals surface area contributed by atoms with Crippen LogP contribution >= 0.6 is 24.0 Å². The second-order valence-corrected chi connectivity index (χ2v) is 6.54. The first-order valence-corrected chi connectivity index (χ1v) is 8.93. The van der Waals surface area contributed by atoms with Gasteiger partial charge in [-0.1, -0.05) is 23.7 Å². The van der Waals surface area contributed by atoms with Crippen LogP contribution in [0.2, 0.25) is 5.02 Å². The van der Waals surface area contributed by atoms with Gasteiger partial charge in [-0.3, -0.25) is 9.20 Å². The van der Waals surface area contributed by atoms with Gasteiger partial charge in [-0.2, -0.15) is 0 Å². The van der Waals surface area contributed by atoms with Gasteiger partial charge >= 0.3 is 0 Å². The summed E-state index contributed by atoms with van der Waals surface area (Å²) in [6, 6.07) is 10.9. The molecular weight excluding hydrogens is 387 g/mol. The van der Waals surface area contributed by atoms with Crippen LogP contribution in [0.5, 0.6) is 5.75 Å². The predicted molar refractivity (Wildman–Crippen MR) is 109 cm³/mol. The molecule has 0 spiro atoms. The highest BCUT2D eigenvalue weighted by molar-refractivity contribution is 6.30. The Morgan fingerprint density at radius 1 is 1.30 bits per heavy atom. The zero-order chi connectivity index (χ0) is 18.7. The lowest BCUT2D eigenvalue weighted by Crippen LogP contribution is -2.13. The lowest BCUT2D eigenvalue weighted by molar-refractivity contribution is 0.0953. The fourth-order valence-corrected chi connectivity index (χ4v) is 3.23.